The highest BCUT2D eigenvalue weighted by Crippen LogP contribution is 2.29. The monoisotopic (exact) mass is 344 g/mol. The van der Waals surface area contributed by atoms with E-state index in [0.717, 1.165) is 19.3 Å². The number of halogens is 3. The van der Waals surface area contributed by atoms with Crippen molar-refractivity contribution in [2.75, 3.05) is 6.54 Å². The van der Waals surface area contributed by atoms with Gasteiger partial charge in [-0.05, 0) is 37.5 Å². The Morgan fingerprint density at radius 2 is 1.89 bits per heavy atom. The van der Waals surface area contributed by atoms with Gasteiger partial charge in [0, 0.05) is 12.1 Å². The van der Waals surface area contributed by atoms with Crippen LogP contribution >= 0.6 is 35.6 Å². The van der Waals surface area contributed by atoms with Crippen molar-refractivity contribution in [3.05, 3.63) is 28.2 Å². The lowest BCUT2D eigenvalue weighted by molar-refractivity contribution is 0.251. The van der Waals surface area contributed by atoms with E-state index in [1.54, 1.807) is 0 Å². The summed E-state index contributed by atoms with van der Waals surface area (Å²) < 4.78 is 26.5. The Bertz CT molecular complexity index is 559. The van der Waals surface area contributed by atoms with Crippen molar-refractivity contribution in [3.8, 4) is 0 Å². The Kier molecular flexibility index (Phi) is 5.52. The van der Waals surface area contributed by atoms with E-state index in [0.29, 0.717) is 5.02 Å². The van der Waals surface area contributed by atoms with Crippen LogP contribution in [0.15, 0.2) is 23.1 Å². The van der Waals surface area contributed by atoms with Gasteiger partial charge in [0.25, 0.3) is 0 Å². The molecule has 108 valence electrons. The summed E-state index contributed by atoms with van der Waals surface area (Å²) in [4.78, 5) is 0.0971. The van der Waals surface area contributed by atoms with Gasteiger partial charge in [0.15, 0.2) is 0 Å². The van der Waals surface area contributed by atoms with E-state index in [1.165, 1.54) is 18.2 Å². The summed E-state index contributed by atoms with van der Waals surface area (Å²) in [5.74, 6) is 0. The summed E-state index contributed by atoms with van der Waals surface area (Å²) in [5.41, 5.74) is 5.57. The van der Waals surface area contributed by atoms with Gasteiger partial charge < -0.3 is 5.73 Å². The molecule has 0 aliphatic heterocycles. The van der Waals surface area contributed by atoms with Gasteiger partial charge in [-0.1, -0.05) is 23.2 Å². The van der Waals surface area contributed by atoms with Gasteiger partial charge in [-0.25, -0.2) is 13.1 Å². The Hall–Kier alpha value is -0.0400. The second kappa shape index (κ2) is 6.16. The molecule has 2 rings (SSSR count). The van der Waals surface area contributed by atoms with E-state index in [-0.39, 0.29) is 28.9 Å². The summed E-state index contributed by atoms with van der Waals surface area (Å²) in [6.07, 6.45) is 2.73. The first-order valence-corrected chi connectivity index (χ1v) is 7.80. The average Bonchev–Trinajstić information content (AvgIpc) is 2.27. The Morgan fingerprint density at radius 1 is 1.26 bits per heavy atom. The standard InChI is InChI=1S/C11H14Cl2N2O2S.ClH/c12-9-3-2-8(6-10(9)13)18(16,17)15-7-11(14)4-1-5-11;/h2-3,6,15H,1,4-5,7,14H2;1H. The number of hydrogen-bond acceptors (Lipinski definition) is 3. The molecule has 0 aromatic heterocycles. The third-order valence-corrected chi connectivity index (χ3v) is 5.30. The summed E-state index contributed by atoms with van der Waals surface area (Å²) in [6.45, 7) is 0.246. The molecule has 0 radical (unpaired) electrons. The third kappa shape index (κ3) is 3.97. The molecular weight excluding hydrogens is 331 g/mol. The van der Waals surface area contributed by atoms with Gasteiger partial charge in [0.05, 0.1) is 14.9 Å². The van der Waals surface area contributed by atoms with Gasteiger partial charge in [-0.2, -0.15) is 0 Å². The highest BCUT2D eigenvalue weighted by atomic mass is 35.5. The molecule has 1 aliphatic carbocycles. The number of sulfonamides is 1. The molecule has 4 nitrogen and oxygen atoms in total. The quantitative estimate of drug-likeness (QED) is 0.881. The molecule has 0 spiro atoms. The zero-order valence-electron chi connectivity index (χ0n) is 10.0. The van der Waals surface area contributed by atoms with Gasteiger partial charge in [0.1, 0.15) is 0 Å². The predicted molar refractivity (Wildman–Crippen MR) is 79.7 cm³/mol. The van der Waals surface area contributed by atoms with Crippen LogP contribution in [0.5, 0.6) is 0 Å². The summed E-state index contributed by atoms with van der Waals surface area (Å²) in [7, 11) is -3.58. The molecule has 1 fully saturated rings. The Balaban J connectivity index is 0.00000180. The van der Waals surface area contributed by atoms with Crippen LogP contribution < -0.4 is 10.5 Å². The van der Waals surface area contributed by atoms with Crippen LogP contribution in [0.25, 0.3) is 0 Å². The largest absolute Gasteiger partial charge is 0.324 e. The zero-order valence-corrected chi connectivity index (χ0v) is 13.2. The van der Waals surface area contributed by atoms with Crippen LogP contribution in [0.3, 0.4) is 0 Å². The van der Waals surface area contributed by atoms with Gasteiger partial charge in [-0.15, -0.1) is 12.4 Å². The van der Waals surface area contributed by atoms with E-state index in [2.05, 4.69) is 4.72 Å². The van der Waals surface area contributed by atoms with Crippen molar-refractivity contribution < 1.29 is 8.42 Å². The predicted octanol–water partition coefficient (Wildman–Crippen LogP) is 2.57. The maximum atomic E-state index is 12.0. The van der Waals surface area contributed by atoms with Crippen molar-refractivity contribution in [1.82, 2.24) is 4.72 Å². The van der Waals surface area contributed by atoms with E-state index < -0.39 is 15.6 Å². The fourth-order valence-electron chi connectivity index (χ4n) is 1.77. The highest BCUT2D eigenvalue weighted by molar-refractivity contribution is 7.89. The number of rotatable bonds is 4. The minimum Gasteiger partial charge on any atom is -0.324 e. The minimum absolute atomic E-state index is 0. The zero-order chi connectivity index (χ0) is 13.4. The molecule has 8 heteroatoms. The maximum Gasteiger partial charge on any atom is 0.240 e. The van der Waals surface area contributed by atoms with Crippen LogP contribution in [-0.4, -0.2) is 20.5 Å². The molecule has 0 atom stereocenters. The smallest absolute Gasteiger partial charge is 0.240 e. The van der Waals surface area contributed by atoms with Crippen molar-refractivity contribution in [2.45, 2.75) is 29.7 Å². The van der Waals surface area contributed by atoms with E-state index in [9.17, 15) is 8.42 Å². The van der Waals surface area contributed by atoms with Gasteiger partial charge in [0.2, 0.25) is 10.0 Å². The number of nitrogens with two attached hydrogens (primary N) is 1. The molecule has 0 amide bonds. The molecule has 0 bridgehead atoms. The molecule has 0 saturated heterocycles. The van der Waals surface area contributed by atoms with E-state index in [1.807, 2.05) is 0 Å². The summed E-state index contributed by atoms with van der Waals surface area (Å²) in [5, 5.41) is 0.538. The van der Waals surface area contributed by atoms with Crippen LogP contribution in [0.4, 0.5) is 0 Å². The second-order valence-electron chi connectivity index (χ2n) is 4.62. The lowest BCUT2D eigenvalue weighted by Gasteiger charge is -2.38. The first kappa shape index (κ1) is 17.0. The molecule has 1 aromatic carbocycles. The third-order valence-electron chi connectivity index (χ3n) is 3.16. The Morgan fingerprint density at radius 3 is 2.37 bits per heavy atom. The summed E-state index contributed by atoms with van der Waals surface area (Å²) >= 11 is 11.5. The van der Waals surface area contributed by atoms with Crippen molar-refractivity contribution >= 4 is 45.6 Å². The van der Waals surface area contributed by atoms with Crippen LogP contribution in [0, 0.1) is 0 Å². The minimum atomic E-state index is -3.58. The lowest BCUT2D eigenvalue weighted by atomic mass is 9.78. The summed E-state index contributed by atoms with van der Waals surface area (Å²) in [6, 6.07) is 4.21. The maximum absolute atomic E-state index is 12.0. The average molecular weight is 346 g/mol. The second-order valence-corrected chi connectivity index (χ2v) is 7.20. The van der Waals surface area contributed by atoms with Crippen LogP contribution in [0.2, 0.25) is 10.0 Å². The fourth-order valence-corrected chi connectivity index (χ4v) is 3.30. The fraction of sp³-hybridized carbons (Fsp3) is 0.455. The molecule has 1 aliphatic rings. The number of benzene rings is 1. The highest BCUT2D eigenvalue weighted by Gasteiger charge is 2.33. The molecule has 0 unspecified atom stereocenters. The van der Waals surface area contributed by atoms with Gasteiger partial charge >= 0.3 is 0 Å². The molecular formula is C11H15Cl3N2O2S. The van der Waals surface area contributed by atoms with Crippen LogP contribution in [-0.2, 0) is 10.0 Å². The normalized spacial score (nSPS) is 17.4. The topological polar surface area (TPSA) is 72.2 Å². The lowest BCUT2D eigenvalue weighted by Crippen LogP contribution is -2.54. The van der Waals surface area contributed by atoms with Crippen LogP contribution in [0.1, 0.15) is 19.3 Å². The van der Waals surface area contributed by atoms with Crippen molar-refractivity contribution in [3.63, 3.8) is 0 Å². The van der Waals surface area contributed by atoms with Crippen molar-refractivity contribution in [1.29, 1.82) is 0 Å². The molecule has 3 N–H and O–H groups in total. The Labute approximate surface area is 129 Å². The van der Waals surface area contributed by atoms with Crippen molar-refractivity contribution in [2.24, 2.45) is 5.73 Å². The molecule has 19 heavy (non-hydrogen) atoms. The molecule has 1 aromatic rings. The molecule has 0 heterocycles. The number of hydrogen-bond donors (Lipinski definition) is 2. The first-order chi connectivity index (χ1) is 8.32. The number of nitrogens with one attached hydrogen (secondary N) is 1. The first-order valence-electron chi connectivity index (χ1n) is 5.56. The van der Waals surface area contributed by atoms with Gasteiger partial charge in [-0.3, -0.25) is 0 Å². The SMILES string of the molecule is Cl.NC1(CNS(=O)(=O)c2ccc(Cl)c(Cl)c2)CCC1. The molecule has 1 saturated carbocycles. The van der Waals surface area contributed by atoms with E-state index >= 15 is 0 Å². The van der Waals surface area contributed by atoms with E-state index in [4.69, 9.17) is 28.9 Å².